The molecule has 1 aromatic carbocycles. The van der Waals surface area contributed by atoms with Gasteiger partial charge in [-0.1, -0.05) is 23.1 Å². The smallest absolute Gasteiger partial charge is 0.227 e. The first-order chi connectivity index (χ1) is 10.7. The van der Waals surface area contributed by atoms with Crippen LogP contribution in [0, 0.1) is 5.92 Å². The van der Waals surface area contributed by atoms with E-state index in [1.807, 2.05) is 24.3 Å². The average Bonchev–Trinajstić information content (AvgIpc) is 3.02. The highest BCUT2D eigenvalue weighted by Crippen LogP contribution is 2.29. The third-order valence-corrected chi connectivity index (χ3v) is 5.45. The summed E-state index contributed by atoms with van der Waals surface area (Å²) in [4.78, 5) is 13.4. The number of anilines is 1. The van der Waals surface area contributed by atoms with E-state index in [1.165, 1.54) is 11.3 Å². The van der Waals surface area contributed by atoms with Crippen molar-refractivity contribution >= 4 is 34.7 Å². The fourth-order valence-electron chi connectivity index (χ4n) is 2.53. The topological polar surface area (TPSA) is 66.9 Å². The Morgan fingerprint density at radius 2 is 2.23 bits per heavy atom. The number of carbonyl (C=O) groups excluding carboxylic acids is 1. The van der Waals surface area contributed by atoms with E-state index in [0.29, 0.717) is 6.04 Å². The number of amides is 1. The monoisotopic (exact) mass is 334 g/mol. The quantitative estimate of drug-likeness (QED) is 0.900. The second-order valence-electron chi connectivity index (χ2n) is 5.40. The highest BCUT2D eigenvalue weighted by Gasteiger charge is 2.24. The van der Waals surface area contributed by atoms with E-state index in [-0.39, 0.29) is 11.8 Å². The van der Waals surface area contributed by atoms with Crippen LogP contribution in [0.2, 0.25) is 0 Å². The maximum Gasteiger partial charge on any atom is 0.227 e. The Morgan fingerprint density at radius 1 is 1.41 bits per heavy atom. The van der Waals surface area contributed by atoms with E-state index in [1.54, 1.807) is 17.3 Å². The Bertz CT molecular complexity index is 615. The molecule has 3 rings (SSSR count). The highest BCUT2D eigenvalue weighted by molar-refractivity contribution is 8.01. The zero-order chi connectivity index (χ0) is 15.4. The number of hydrogen-bond acceptors (Lipinski definition) is 6. The Balaban J connectivity index is 1.57. The molecule has 1 saturated heterocycles. The van der Waals surface area contributed by atoms with Gasteiger partial charge < -0.3 is 10.6 Å². The predicted octanol–water partition coefficient (Wildman–Crippen LogP) is 3.02. The van der Waals surface area contributed by atoms with Crippen LogP contribution in [0.5, 0.6) is 0 Å². The van der Waals surface area contributed by atoms with Crippen LogP contribution in [-0.2, 0) is 4.79 Å². The molecule has 0 spiro atoms. The highest BCUT2D eigenvalue weighted by atomic mass is 32.2. The molecule has 0 bridgehead atoms. The van der Waals surface area contributed by atoms with Gasteiger partial charge in [0.05, 0.1) is 0 Å². The van der Waals surface area contributed by atoms with Crippen LogP contribution in [0.25, 0.3) is 0 Å². The van der Waals surface area contributed by atoms with Gasteiger partial charge in [-0.2, -0.15) is 0 Å². The SMILES string of the molecule is C[C@H]1C[C@@H](C(=O)Nc2ccc(Sc3nncs3)cc2)CCN1. The Labute approximate surface area is 137 Å². The van der Waals surface area contributed by atoms with Crippen molar-refractivity contribution in [2.75, 3.05) is 11.9 Å². The van der Waals surface area contributed by atoms with Gasteiger partial charge in [-0.3, -0.25) is 4.79 Å². The summed E-state index contributed by atoms with van der Waals surface area (Å²) in [6, 6.07) is 8.27. The van der Waals surface area contributed by atoms with Crippen molar-refractivity contribution in [3.63, 3.8) is 0 Å². The van der Waals surface area contributed by atoms with Gasteiger partial charge in [0, 0.05) is 22.5 Å². The van der Waals surface area contributed by atoms with Crippen molar-refractivity contribution in [2.24, 2.45) is 5.92 Å². The largest absolute Gasteiger partial charge is 0.326 e. The van der Waals surface area contributed by atoms with Gasteiger partial charge in [-0.05, 0) is 50.6 Å². The number of hydrogen-bond donors (Lipinski definition) is 2. The van der Waals surface area contributed by atoms with Crippen LogP contribution < -0.4 is 10.6 Å². The second-order valence-corrected chi connectivity index (χ2v) is 7.55. The molecular formula is C15H18N4OS2. The molecule has 1 aliphatic heterocycles. The minimum atomic E-state index is 0.103. The minimum absolute atomic E-state index is 0.103. The van der Waals surface area contributed by atoms with E-state index in [2.05, 4.69) is 27.8 Å². The molecule has 1 aliphatic rings. The van der Waals surface area contributed by atoms with Crippen molar-refractivity contribution in [1.29, 1.82) is 0 Å². The van der Waals surface area contributed by atoms with Gasteiger partial charge in [0.2, 0.25) is 5.91 Å². The zero-order valence-corrected chi connectivity index (χ0v) is 13.9. The van der Waals surface area contributed by atoms with Crippen LogP contribution in [-0.4, -0.2) is 28.7 Å². The van der Waals surface area contributed by atoms with E-state index in [0.717, 1.165) is 34.3 Å². The van der Waals surface area contributed by atoms with Gasteiger partial charge in [-0.15, -0.1) is 10.2 Å². The molecule has 22 heavy (non-hydrogen) atoms. The maximum absolute atomic E-state index is 12.3. The molecule has 116 valence electrons. The lowest BCUT2D eigenvalue weighted by Gasteiger charge is -2.27. The number of nitrogens with one attached hydrogen (secondary N) is 2. The van der Waals surface area contributed by atoms with Crippen LogP contribution in [0.15, 0.2) is 39.0 Å². The van der Waals surface area contributed by atoms with E-state index in [9.17, 15) is 4.79 Å². The minimum Gasteiger partial charge on any atom is -0.326 e. The Morgan fingerprint density at radius 3 is 2.91 bits per heavy atom. The molecule has 2 aromatic rings. The normalized spacial score (nSPS) is 21.5. The number of aromatic nitrogens is 2. The molecule has 0 saturated carbocycles. The fraction of sp³-hybridized carbons (Fsp3) is 0.400. The third-order valence-electron chi connectivity index (χ3n) is 3.66. The van der Waals surface area contributed by atoms with Gasteiger partial charge in [-0.25, -0.2) is 0 Å². The molecule has 1 amide bonds. The second kappa shape index (κ2) is 7.21. The summed E-state index contributed by atoms with van der Waals surface area (Å²) in [5.41, 5.74) is 2.56. The van der Waals surface area contributed by atoms with Gasteiger partial charge in [0.15, 0.2) is 4.34 Å². The van der Waals surface area contributed by atoms with Crippen LogP contribution >= 0.6 is 23.1 Å². The van der Waals surface area contributed by atoms with Crippen molar-refractivity contribution in [2.45, 2.75) is 35.0 Å². The van der Waals surface area contributed by atoms with E-state index < -0.39 is 0 Å². The summed E-state index contributed by atoms with van der Waals surface area (Å²) in [5, 5.41) is 14.2. The van der Waals surface area contributed by atoms with Crippen LogP contribution in [0.4, 0.5) is 5.69 Å². The Kier molecular flexibility index (Phi) is 5.07. The van der Waals surface area contributed by atoms with Gasteiger partial charge in [0.1, 0.15) is 5.51 Å². The molecule has 0 aliphatic carbocycles. The lowest BCUT2D eigenvalue weighted by molar-refractivity contribution is -0.120. The molecule has 0 radical (unpaired) electrons. The number of rotatable bonds is 4. The summed E-state index contributed by atoms with van der Waals surface area (Å²) >= 11 is 3.09. The van der Waals surface area contributed by atoms with Crippen molar-refractivity contribution in [3.05, 3.63) is 29.8 Å². The third kappa shape index (κ3) is 4.06. The first-order valence-corrected chi connectivity index (χ1v) is 8.98. The molecule has 1 aromatic heterocycles. The van der Waals surface area contributed by atoms with Crippen molar-refractivity contribution < 1.29 is 4.79 Å². The number of nitrogens with zero attached hydrogens (tertiary/aromatic N) is 2. The van der Waals surface area contributed by atoms with E-state index in [4.69, 9.17) is 0 Å². The molecule has 2 atom stereocenters. The number of carbonyl (C=O) groups is 1. The van der Waals surface area contributed by atoms with Crippen LogP contribution in [0.1, 0.15) is 19.8 Å². The molecule has 1 fully saturated rings. The first-order valence-electron chi connectivity index (χ1n) is 7.29. The maximum atomic E-state index is 12.3. The molecular weight excluding hydrogens is 316 g/mol. The van der Waals surface area contributed by atoms with Crippen LogP contribution in [0.3, 0.4) is 0 Å². The molecule has 7 heteroatoms. The summed E-state index contributed by atoms with van der Waals surface area (Å²) in [5.74, 6) is 0.226. The van der Waals surface area contributed by atoms with Crippen molar-refractivity contribution in [1.82, 2.24) is 15.5 Å². The summed E-state index contributed by atoms with van der Waals surface area (Å²) in [6.45, 7) is 3.04. The lowest BCUT2D eigenvalue weighted by atomic mass is 9.92. The van der Waals surface area contributed by atoms with Crippen molar-refractivity contribution in [3.8, 4) is 0 Å². The Hall–Kier alpha value is -1.44. The molecule has 2 N–H and O–H groups in total. The zero-order valence-electron chi connectivity index (χ0n) is 12.3. The van der Waals surface area contributed by atoms with Gasteiger partial charge >= 0.3 is 0 Å². The first kappa shape index (κ1) is 15.5. The summed E-state index contributed by atoms with van der Waals surface area (Å²) < 4.78 is 0.917. The average molecular weight is 334 g/mol. The van der Waals surface area contributed by atoms with E-state index >= 15 is 0 Å². The number of benzene rings is 1. The lowest BCUT2D eigenvalue weighted by Crippen LogP contribution is -2.40. The summed E-state index contributed by atoms with van der Waals surface area (Å²) in [6.07, 6.45) is 1.80. The van der Waals surface area contributed by atoms with Gasteiger partial charge in [0.25, 0.3) is 0 Å². The predicted molar refractivity (Wildman–Crippen MR) is 89.3 cm³/mol. The number of piperidine rings is 1. The summed E-state index contributed by atoms with van der Waals surface area (Å²) in [7, 11) is 0. The molecule has 2 heterocycles. The fourth-order valence-corrected chi connectivity index (χ4v) is 3.98. The molecule has 0 unspecified atom stereocenters. The standard InChI is InChI=1S/C15H18N4OS2/c1-10-8-11(6-7-16-10)14(20)18-12-2-4-13(5-3-12)22-15-19-17-9-21-15/h2-5,9-11,16H,6-8H2,1H3,(H,18,20)/t10-,11-/m0/s1. The molecule has 5 nitrogen and oxygen atoms in total.